The highest BCUT2D eigenvalue weighted by atomic mass is 32.2. The van der Waals surface area contributed by atoms with Crippen LogP contribution in [0.2, 0.25) is 0 Å². The van der Waals surface area contributed by atoms with E-state index in [-0.39, 0.29) is 37.0 Å². The smallest absolute Gasteiger partial charge is 0.245 e. The zero-order valence-corrected chi connectivity index (χ0v) is 23.4. The van der Waals surface area contributed by atoms with Gasteiger partial charge in [0.1, 0.15) is 0 Å². The minimum Gasteiger partial charge on any atom is -0.381 e. The molecule has 10 nitrogen and oxygen atoms in total. The van der Waals surface area contributed by atoms with Crippen molar-refractivity contribution >= 4 is 21.7 Å². The molecule has 2 fully saturated rings. The third-order valence-corrected chi connectivity index (χ3v) is 9.46. The van der Waals surface area contributed by atoms with Crippen LogP contribution in [-0.2, 0) is 33.7 Å². The molecule has 2 amide bonds. The highest BCUT2D eigenvalue weighted by Gasteiger charge is 2.46. The van der Waals surface area contributed by atoms with E-state index in [4.69, 9.17) is 20.2 Å². The monoisotopic (exact) mass is 533 g/mol. The fourth-order valence-corrected chi connectivity index (χ4v) is 7.31. The van der Waals surface area contributed by atoms with Crippen molar-refractivity contribution in [2.45, 2.75) is 90.1 Å². The molecule has 4 N–H and O–H groups in total. The number of carbonyl (C=O) groups excluding carboxylic acids is 2. The molecule has 0 radical (unpaired) electrons. The summed E-state index contributed by atoms with van der Waals surface area (Å²) in [7, 11) is -3.74. The third-order valence-electron chi connectivity index (χ3n) is 7.41. The molecule has 0 aromatic heterocycles. The Hall–Kier alpha value is -1.27. The molecule has 0 aromatic rings. The quantitative estimate of drug-likeness (QED) is 0.186. The Balaban J connectivity index is 2.19. The number of sulfone groups is 1. The molecule has 4 atom stereocenters. The van der Waals surface area contributed by atoms with Gasteiger partial charge in [0, 0.05) is 44.3 Å². The molecule has 2 unspecified atom stereocenters. The van der Waals surface area contributed by atoms with Gasteiger partial charge in [-0.3, -0.25) is 15.0 Å². The third kappa shape index (κ3) is 8.93. The van der Waals surface area contributed by atoms with E-state index in [0.29, 0.717) is 32.2 Å². The Labute approximate surface area is 216 Å². The number of nitrogens with one attached hydrogen (secondary N) is 2. The number of nitrogens with two attached hydrogens (primary N) is 1. The summed E-state index contributed by atoms with van der Waals surface area (Å²) in [5, 5.41) is 0. The maximum Gasteiger partial charge on any atom is 0.245 e. The van der Waals surface area contributed by atoms with Crippen molar-refractivity contribution < 1.29 is 32.3 Å². The van der Waals surface area contributed by atoms with Gasteiger partial charge < -0.3 is 9.47 Å². The van der Waals surface area contributed by atoms with Crippen LogP contribution >= 0.6 is 0 Å². The van der Waals surface area contributed by atoms with Gasteiger partial charge in [-0.2, -0.15) is 0 Å². The standard InChI is InChI=1S/C25H47N3O7S/c1-17(2)13-20(23(30)27-26)15-25(14-18(3)4,36(5,31)32)16-22(29)28-35-24-21(7-6-10-34-24)19-8-11-33-12-9-19/h17-21,24H,6-16,26H2,1-5H3,(H,27,30)(H,28,29)/t20-,21+,24?,25?/m1/s1. The lowest BCUT2D eigenvalue weighted by molar-refractivity contribution is -0.235. The van der Waals surface area contributed by atoms with Gasteiger partial charge in [-0.05, 0) is 62.7 Å². The maximum absolute atomic E-state index is 13.2. The topological polar surface area (TPSA) is 146 Å². The average molecular weight is 534 g/mol. The molecule has 210 valence electrons. The van der Waals surface area contributed by atoms with Crippen LogP contribution in [0.5, 0.6) is 0 Å². The molecular formula is C25H47N3O7S. The summed E-state index contributed by atoms with van der Waals surface area (Å²) < 4.78 is 36.3. The van der Waals surface area contributed by atoms with Crippen LogP contribution in [0.3, 0.4) is 0 Å². The molecule has 0 bridgehead atoms. The summed E-state index contributed by atoms with van der Waals surface area (Å²) in [6, 6.07) is 0. The Kier molecular flexibility index (Phi) is 12.1. The molecule has 2 aliphatic rings. The number of amides is 2. The fraction of sp³-hybridized carbons (Fsp3) is 0.920. The Morgan fingerprint density at radius 2 is 1.72 bits per heavy atom. The minimum atomic E-state index is -3.74. The van der Waals surface area contributed by atoms with E-state index >= 15 is 0 Å². The molecule has 0 spiro atoms. The summed E-state index contributed by atoms with van der Waals surface area (Å²) >= 11 is 0. The molecule has 2 rings (SSSR count). The van der Waals surface area contributed by atoms with Crippen LogP contribution in [0.4, 0.5) is 0 Å². The van der Waals surface area contributed by atoms with Gasteiger partial charge >= 0.3 is 0 Å². The van der Waals surface area contributed by atoms with Crippen LogP contribution in [0.1, 0.15) is 79.1 Å². The van der Waals surface area contributed by atoms with Crippen molar-refractivity contribution in [2.75, 3.05) is 26.1 Å². The summed E-state index contributed by atoms with van der Waals surface area (Å²) in [5.74, 6) is 4.46. The Morgan fingerprint density at radius 3 is 2.28 bits per heavy atom. The number of hydrazine groups is 1. The van der Waals surface area contributed by atoms with E-state index in [1.165, 1.54) is 0 Å². The SMILES string of the molecule is CC(C)C[C@H](CC(CC(=O)NOC1OCCC[C@H]1C1CCOCC1)(CC(C)C)S(C)(=O)=O)C(=O)NN. The fourth-order valence-electron chi connectivity index (χ4n) is 5.78. The lowest BCUT2D eigenvalue weighted by Gasteiger charge is -2.38. The Bertz CT molecular complexity index is 814. The van der Waals surface area contributed by atoms with Crippen LogP contribution < -0.4 is 16.7 Å². The molecule has 11 heteroatoms. The number of rotatable bonds is 13. The molecular weight excluding hydrogens is 486 g/mol. The van der Waals surface area contributed by atoms with Gasteiger partial charge in [0.25, 0.3) is 0 Å². The van der Waals surface area contributed by atoms with Crippen molar-refractivity contribution in [3.05, 3.63) is 0 Å². The normalized spacial score (nSPS) is 24.3. The highest BCUT2D eigenvalue weighted by Crippen LogP contribution is 2.38. The average Bonchev–Trinajstić information content (AvgIpc) is 2.81. The van der Waals surface area contributed by atoms with Gasteiger partial charge in [-0.15, -0.1) is 0 Å². The first kappa shape index (κ1) is 31.0. The van der Waals surface area contributed by atoms with E-state index in [1.807, 2.05) is 27.7 Å². The molecule has 36 heavy (non-hydrogen) atoms. The van der Waals surface area contributed by atoms with Gasteiger partial charge in [0.15, 0.2) is 16.1 Å². The summed E-state index contributed by atoms with van der Waals surface area (Å²) in [4.78, 5) is 31.5. The second-order valence-electron chi connectivity index (χ2n) is 11.4. The van der Waals surface area contributed by atoms with Crippen molar-refractivity contribution in [3.63, 3.8) is 0 Å². The first-order valence-electron chi connectivity index (χ1n) is 13.2. The first-order valence-corrected chi connectivity index (χ1v) is 15.1. The molecule has 2 aliphatic heterocycles. The lowest BCUT2D eigenvalue weighted by atomic mass is 9.81. The summed E-state index contributed by atoms with van der Waals surface area (Å²) in [6.45, 7) is 9.70. The molecule has 2 saturated heterocycles. The summed E-state index contributed by atoms with van der Waals surface area (Å²) in [6.07, 6.45) is 4.66. The number of ether oxygens (including phenoxy) is 2. The molecule has 0 saturated carbocycles. The second kappa shape index (κ2) is 14.0. The predicted octanol–water partition coefficient (Wildman–Crippen LogP) is 2.48. The zero-order chi connectivity index (χ0) is 26.9. The van der Waals surface area contributed by atoms with Gasteiger partial charge in [-0.25, -0.2) is 24.6 Å². The van der Waals surface area contributed by atoms with E-state index in [0.717, 1.165) is 31.9 Å². The predicted molar refractivity (Wildman–Crippen MR) is 137 cm³/mol. The van der Waals surface area contributed by atoms with Crippen LogP contribution in [0.25, 0.3) is 0 Å². The lowest BCUT2D eigenvalue weighted by Crippen LogP contribution is -2.49. The zero-order valence-electron chi connectivity index (χ0n) is 22.6. The van der Waals surface area contributed by atoms with Gasteiger partial charge in [0.2, 0.25) is 11.8 Å². The van der Waals surface area contributed by atoms with Crippen molar-refractivity contribution in [1.29, 1.82) is 0 Å². The van der Waals surface area contributed by atoms with E-state index < -0.39 is 38.6 Å². The van der Waals surface area contributed by atoms with Crippen LogP contribution in [-0.4, -0.2) is 57.3 Å². The van der Waals surface area contributed by atoms with Crippen molar-refractivity contribution in [2.24, 2.45) is 35.4 Å². The van der Waals surface area contributed by atoms with Crippen LogP contribution in [0.15, 0.2) is 0 Å². The van der Waals surface area contributed by atoms with E-state index in [2.05, 4.69) is 10.9 Å². The second-order valence-corrected chi connectivity index (χ2v) is 13.8. The van der Waals surface area contributed by atoms with Crippen molar-refractivity contribution in [1.82, 2.24) is 10.9 Å². The minimum absolute atomic E-state index is 0.00325. The number of hydrogen-bond donors (Lipinski definition) is 3. The Morgan fingerprint density at radius 1 is 1.06 bits per heavy atom. The number of hydrogen-bond acceptors (Lipinski definition) is 8. The van der Waals surface area contributed by atoms with E-state index in [1.54, 1.807) is 0 Å². The van der Waals surface area contributed by atoms with Gasteiger partial charge in [0.05, 0.1) is 4.75 Å². The largest absolute Gasteiger partial charge is 0.381 e. The maximum atomic E-state index is 13.2. The van der Waals surface area contributed by atoms with Gasteiger partial charge in [-0.1, -0.05) is 27.7 Å². The summed E-state index contributed by atoms with van der Waals surface area (Å²) in [5.41, 5.74) is 4.67. The molecule has 0 aliphatic carbocycles. The molecule has 0 aromatic carbocycles. The first-order chi connectivity index (χ1) is 16.9. The highest BCUT2D eigenvalue weighted by molar-refractivity contribution is 7.92. The van der Waals surface area contributed by atoms with Crippen molar-refractivity contribution in [3.8, 4) is 0 Å². The number of hydroxylamine groups is 1. The number of carbonyl (C=O) groups is 2. The molecule has 2 heterocycles. The van der Waals surface area contributed by atoms with E-state index in [9.17, 15) is 18.0 Å². The van der Waals surface area contributed by atoms with Crippen LogP contribution in [0, 0.1) is 29.6 Å².